The van der Waals surface area contributed by atoms with Crippen LogP contribution in [0.1, 0.15) is 21.6 Å². The van der Waals surface area contributed by atoms with Crippen molar-refractivity contribution in [1.82, 2.24) is 14.9 Å². The molecule has 0 bridgehead atoms. The van der Waals surface area contributed by atoms with Gasteiger partial charge in [-0.25, -0.2) is 4.98 Å². The smallest absolute Gasteiger partial charge is 0.254 e. The van der Waals surface area contributed by atoms with Crippen LogP contribution in [-0.4, -0.2) is 61.0 Å². The summed E-state index contributed by atoms with van der Waals surface area (Å²) >= 11 is 0. The van der Waals surface area contributed by atoms with Crippen LogP contribution in [0.25, 0.3) is 0 Å². The first-order chi connectivity index (χ1) is 15.4. The van der Waals surface area contributed by atoms with E-state index in [1.54, 1.807) is 0 Å². The van der Waals surface area contributed by atoms with E-state index in [4.69, 9.17) is 4.98 Å². The number of nitrogens with one attached hydrogen (secondary N) is 1. The highest BCUT2D eigenvalue weighted by Crippen LogP contribution is 2.21. The molecule has 1 amide bonds. The molecule has 2 heterocycles. The summed E-state index contributed by atoms with van der Waals surface area (Å²) in [6, 6.07) is 17.9. The Morgan fingerprint density at radius 1 is 0.938 bits per heavy atom. The number of piperazine rings is 1. The van der Waals surface area contributed by atoms with Gasteiger partial charge in [-0.3, -0.25) is 4.79 Å². The first-order valence-electron chi connectivity index (χ1n) is 10.9. The van der Waals surface area contributed by atoms with E-state index < -0.39 is 0 Å². The Hall–Kier alpha value is -3.61. The van der Waals surface area contributed by atoms with Crippen LogP contribution in [0.3, 0.4) is 0 Å². The monoisotopic (exact) mass is 430 g/mol. The van der Waals surface area contributed by atoms with Gasteiger partial charge in [0.25, 0.3) is 5.91 Å². The quantitative estimate of drug-likeness (QED) is 0.663. The Balaban J connectivity index is 1.42. The highest BCUT2D eigenvalue weighted by Gasteiger charge is 2.23. The van der Waals surface area contributed by atoms with E-state index in [-0.39, 0.29) is 5.91 Å². The lowest BCUT2D eigenvalue weighted by Gasteiger charge is -2.35. The summed E-state index contributed by atoms with van der Waals surface area (Å²) in [6.07, 6.45) is 0. The van der Waals surface area contributed by atoms with Crippen molar-refractivity contribution >= 4 is 29.0 Å². The van der Waals surface area contributed by atoms with Crippen LogP contribution in [0.15, 0.2) is 54.6 Å². The average Bonchev–Trinajstić information content (AvgIpc) is 2.80. The molecule has 7 heteroatoms. The second kappa shape index (κ2) is 9.26. The average molecular weight is 431 g/mol. The number of aryl methyl sites for hydroxylation is 2. The van der Waals surface area contributed by atoms with Crippen LogP contribution in [0.5, 0.6) is 0 Å². The van der Waals surface area contributed by atoms with Crippen LogP contribution >= 0.6 is 0 Å². The number of carbonyl (C=O) groups is 1. The van der Waals surface area contributed by atoms with Crippen molar-refractivity contribution in [3.8, 4) is 0 Å². The number of nitrogens with zero attached hydrogens (tertiary/aromatic N) is 5. The van der Waals surface area contributed by atoms with E-state index >= 15 is 0 Å². The number of benzene rings is 2. The highest BCUT2D eigenvalue weighted by molar-refractivity contribution is 5.95. The SMILES string of the molecule is Cc1ccc(Nc2nc(C)cc(N3CCN(C(=O)c4cccc(N(C)C)c4)CC3)n2)cc1. The molecule has 1 fully saturated rings. The van der Waals surface area contributed by atoms with E-state index in [1.165, 1.54) is 5.56 Å². The van der Waals surface area contributed by atoms with Crippen LogP contribution in [0.4, 0.5) is 23.1 Å². The number of anilines is 4. The Morgan fingerprint density at radius 3 is 2.34 bits per heavy atom. The summed E-state index contributed by atoms with van der Waals surface area (Å²) < 4.78 is 0. The number of hydrogen-bond donors (Lipinski definition) is 1. The Kier molecular flexibility index (Phi) is 6.25. The Bertz CT molecular complexity index is 1090. The third-order valence-electron chi connectivity index (χ3n) is 5.65. The summed E-state index contributed by atoms with van der Waals surface area (Å²) in [5.74, 6) is 1.55. The van der Waals surface area contributed by atoms with Gasteiger partial charge in [-0.1, -0.05) is 23.8 Å². The zero-order chi connectivity index (χ0) is 22.7. The maximum absolute atomic E-state index is 13.0. The molecule has 4 rings (SSSR count). The third kappa shape index (κ3) is 4.99. The molecule has 0 saturated carbocycles. The first-order valence-corrected chi connectivity index (χ1v) is 10.9. The fraction of sp³-hybridized carbons (Fsp3) is 0.320. The number of hydrogen-bond acceptors (Lipinski definition) is 6. The predicted octanol–water partition coefficient (Wildman–Crippen LogP) is 3.87. The molecule has 0 aliphatic carbocycles. The molecule has 2 aromatic carbocycles. The molecule has 1 saturated heterocycles. The van der Waals surface area contributed by atoms with Gasteiger partial charge < -0.3 is 20.0 Å². The lowest BCUT2D eigenvalue weighted by atomic mass is 10.1. The molecular formula is C25H30N6O. The summed E-state index contributed by atoms with van der Waals surface area (Å²) in [5.41, 5.74) is 4.83. The molecule has 1 aliphatic heterocycles. The zero-order valence-electron chi connectivity index (χ0n) is 19.2. The van der Waals surface area contributed by atoms with Gasteiger partial charge in [0.05, 0.1) is 0 Å². The molecule has 1 N–H and O–H groups in total. The zero-order valence-corrected chi connectivity index (χ0v) is 19.2. The van der Waals surface area contributed by atoms with Crippen molar-refractivity contribution in [3.63, 3.8) is 0 Å². The van der Waals surface area contributed by atoms with Crippen LogP contribution in [0.2, 0.25) is 0 Å². The highest BCUT2D eigenvalue weighted by atomic mass is 16.2. The van der Waals surface area contributed by atoms with Gasteiger partial charge in [-0.2, -0.15) is 4.98 Å². The van der Waals surface area contributed by atoms with E-state index in [9.17, 15) is 4.79 Å². The minimum absolute atomic E-state index is 0.0777. The third-order valence-corrected chi connectivity index (χ3v) is 5.65. The molecule has 7 nitrogen and oxygen atoms in total. The van der Waals surface area contributed by atoms with Crippen molar-refractivity contribution < 1.29 is 4.79 Å². The molecular weight excluding hydrogens is 400 g/mol. The maximum atomic E-state index is 13.0. The van der Waals surface area contributed by atoms with Crippen molar-refractivity contribution in [2.45, 2.75) is 13.8 Å². The summed E-state index contributed by atoms with van der Waals surface area (Å²) in [5, 5.41) is 3.30. The van der Waals surface area contributed by atoms with E-state index in [2.05, 4.69) is 34.3 Å². The number of amides is 1. The molecule has 166 valence electrons. The fourth-order valence-electron chi connectivity index (χ4n) is 3.77. The van der Waals surface area contributed by atoms with Gasteiger partial charge in [-0.05, 0) is 44.2 Å². The molecule has 0 atom stereocenters. The van der Waals surface area contributed by atoms with E-state index in [1.807, 2.05) is 73.3 Å². The van der Waals surface area contributed by atoms with Crippen molar-refractivity contribution in [2.75, 3.05) is 55.4 Å². The molecule has 1 aromatic heterocycles. The Labute approximate surface area is 189 Å². The minimum atomic E-state index is 0.0777. The second-order valence-electron chi connectivity index (χ2n) is 8.41. The predicted molar refractivity (Wildman–Crippen MR) is 130 cm³/mol. The molecule has 0 spiro atoms. The number of carbonyl (C=O) groups excluding carboxylic acids is 1. The lowest BCUT2D eigenvalue weighted by molar-refractivity contribution is 0.0746. The summed E-state index contributed by atoms with van der Waals surface area (Å²) in [6.45, 7) is 6.83. The number of aromatic nitrogens is 2. The van der Waals surface area contributed by atoms with E-state index in [0.29, 0.717) is 19.0 Å². The second-order valence-corrected chi connectivity index (χ2v) is 8.41. The largest absolute Gasteiger partial charge is 0.378 e. The van der Waals surface area contributed by atoms with E-state index in [0.717, 1.165) is 41.5 Å². The van der Waals surface area contributed by atoms with Crippen LogP contribution < -0.4 is 15.1 Å². The van der Waals surface area contributed by atoms with Crippen LogP contribution in [0, 0.1) is 13.8 Å². The van der Waals surface area contributed by atoms with Crippen LogP contribution in [-0.2, 0) is 0 Å². The molecule has 0 unspecified atom stereocenters. The topological polar surface area (TPSA) is 64.6 Å². The maximum Gasteiger partial charge on any atom is 0.254 e. The van der Waals surface area contributed by atoms with Gasteiger partial charge in [0.2, 0.25) is 5.95 Å². The first kappa shape index (κ1) is 21.6. The normalized spacial score (nSPS) is 13.8. The van der Waals surface area contributed by atoms with Crippen molar-refractivity contribution in [2.24, 2.45) is 0 Å². The van der Waals surface area contributed by atoms with Gasteiger partial charge >= 0.3 is 0 Å². The Morgan fingerprint density at radius 2 is 1.66 bits per heavy atom. The van der Waals surface area contributed by atoms with Crippen molar-refractivity contribution in [1.29, 1.82) is 0 Å². The molecule has 3 aromatic rings. The fourth-order valence-corrected chi connectivity index (χ4v) is 3.77. The standard InChI is InChI=1S/C25H30N6O/c1-18-8-10-21(11-9-18)27-25-26-19(2)16-23(28-25)30-12-14-31(15-13-30)24(32)20-6-5-7-22(17-20)29(3)4/h5-11,16-17H,12-15H2,1-4H3,(H,26,27,28). The summed E-state index contributed by atoms with van der Waals surface area (Å²) in [4.78, 5) is 28.4. The van der Waals surface area contributed by atoms with Gasteiger partial charge in [0.15, 0.2) is 0 Å². The lowest BCUT2D eigenvalue weighted by Crippen LogP contribution is -2.49. The van der Waals surface area contributed by atoms with Gasteiger partial charge in [0, 0.05) is 69.0 Å². The summed E-state index contributed by atoms with van der Waals surface area (Å²) in [7, 11) is 3.96. The van der Waals surface area contributed by atoms with Gasteiger partial charge in [-0.15, -0.1) is 0 Å². The molecule has 1 aliphatic rings. The van der Waals surface area contributed by atoms with Gasteiger partial charge in [0.1, 0.15) is 5.82 Å². The molecule has 0 radical (unpaired) electrons. The minimum Gasteiger partial charge on any atom is -0.378 e. The van der Waals surface area contributed by atoms with Crippen molar-refractivity contribution in [3.05, 3.63) is 71.4 Å². The number of rotatable bonds is 5. The molecule has 32 heavy (non-hydrogen) atoms.